The Kier molecular flexibility index (Phi) is 7.79. The van der Waals surface area contributed by atoms with Crippen LogP contribution >= 0.6 is 0 Å². The van der Waals surface area contributed by atoms with Gasteiger partial charge in [0.1, 0.15) is 5.75 Å². The third kappa shape index (κ3) is 7.12. The molecule has 0 aliphatic heterocycles. The quantitative estimate of drug-likeness (QED) is 0.632. The number of methoxy groups -OCH3 is 1. The molecule has 0 saturated carbocycles. The van der Waals surface area contributed by atoms with E-state index in [1.54, 1.807) is 24.3 Å². The van der Waals surface area contributed by atoms with Gasteiger partial charge in [-0.1, -0.05) is 18.2 Å². The largest absolute Gasteiger partial charge is 0.495 e. The zero-order valence-corrected chi connectivity index (χ0v) is 15.9. The molecule has 10 heteroatoms. The number of nitrogens with one attached hydrogen (secondary N) is 2. The number of carbonyl (C=O) groups excluding carboxylic acids is 3. The number of rotatable bonds is 8. The molecule has 30 heavy (non-hydrogen) atoms. The van der Waals surface area contributed by atoms with Gasteiger partial charge in [0.05, 0.1) is 24.8 Å². The molecule has 2 rings (SSSR count). The van der Waals surface area contributed by atoms with Crippen LogP contribution in [0.2, 0.25) is 0 Å². The molecule has 0 radical (unpaired) electrons. The van der Waals surface area contributed by atoms with Gasteiger partial charge in [0.15, 0.2) is 6.61 Å². The predicted molar refractivity (Wildman–Crippen MR) is 102 cm³/mol. The van der Waals surface area contributed by atoms with Crippen molar-refractivity contribution in [3.8, 4) is 5.75 Å². The molecule has 0 aliphatic carbocycles. The van der Waals surface area contributed by atoms with Gasteiger partial charge in [0.2, 0.25) is 5.91 Å². The van der Waals surface area contributed by atoms with Crippen LogP contribution in [-0.4, -0.2) is 31.5 Å². The molecule has 0 aromatic heterocycles. The van der Waals surface area contributed by atoms with Crippen LogP contribution in [0.15, 0.2) is 48.5 Å². The summed E-state index contributed by atoms with van der Waals surface area (Å²) in [6.45, 7) is -0.691. The Hall–Kier alpha value is -3.56. The number of esters is 1. The number of alkyl halides is 3. The van der Waals surface area contributed by atoms with Gasteiger partial charge in [-0.15, -0.1) is 0 Å². The van der Waals surface area contributed by atoms with Gasteiger partial charge in [-0.05, 0) is 30.3 Å². The molecular weight excluding hydrogens is 405 g/mol. The lowest BCUT2D eigenvalue weighted by atomic mass is 10.2. The maximum absolute atomic E-state index is 12.7. The van der Waals surface area contributed by atoms with Crippen molar-refractivity contribution >= 4 is 29.2 Å². The molecule has 2 aromatic rings. The lowest BCUT2D eigenvalue weighted by Gasteiger charge is -2.10. The highest BCUT2D eigenvalue weighted by Crippen LogP contribution is 2.30. The van der Waals surface area contributed by atoms with Crippen molar-refractivity contribution < 1.29 is 37.0 Å². The van der Waals surface area contributed by atoms with Crippen molar-refractivity contribution in [3.63, 3.8) is 0 Å². The van der Waals surface area contributed by atoms with Crippen LogP contribution in [0.25, 0.3) is 0 Å². The molecule has 2 amide bonds. The van der Waals surface area contributed by atoms with Gasteiger partial charge >= 0.3 is 12.1 Å². The second-order valence-electron chi connectivity index (χ2n) is 6.04. The highest BCUT2D eigenvalue weighted by molar-refractivity contribution is 5.95. The minimum atomic E-state index is -4.54. The molecule has 0 bridgehead atoms. The summed E-state index contributed by atoms with van der Waals surface area (Å²) in [5.41, 5.74) is -0.556. The lowest BCUT2D eigenvalue weighted by Crippen LogP contribution is -2.22. The van der Waals surface area contributed by atoms with Crippen molar-refractivity contribution in [1.29, 1.82) is 0 Å². The Balaban J connectivity index is 1.75. The zero-order chi connectivity index (χ0) is 22.1. The summed E-state index contributed by atoms with van der Waals surface area (Å²) in [4.78, 5) is 35.4. The Morgan fingerprint density at radius 1 is 0.933 bits per heavy atom. The SMILES string of the molecule is COc1ccccc1NC(=O)CCC(=O)OCC(=O)Nc1cccc(C(F)(F)F)c1. The zero-order valence-electron chi connectivity index (χ0n) is 15.9. The summed E-state index contributed by atoms with van der Waals surface area (Å²) in [5, 5.41) is 4.80. The molecule has 2 N–H and O–H groups in total. The highest BCUT2D eigenvalue weighted by atomic mass is 19.4. The third-order valence-corrected chi connectivity index (χ3v) is 3.78. The fourth-order valence-corrected chi connectivity index (χ4v) is 2.36. The standard InChI is InChI=1S/C20H19F3N2O5/c1-29-16-8-3-2-7-15(16)25-17(26)9-10-19(28)30-12-18(27)24-14-6-4-5-13(11-14)20(21,22)23/h2-8,11H,9-10,12H2,1H3,(H,24,27)(H,25,26). The van der Waals surface area contributed by atoms with Crippen LogP contribution in [-0.2, 0) is 25.3 Å². The predicted octanol–water partition coefficient (Wildman–Crippen LogP) is 3.61. The number of carbonyl (C=O) groups is 3. The third-order valence-electron chi connectivity index (χ3n) is 3.78. The average Bonchev–Trinajstić information content (AvgIpc) is 2.70. The van der Waals surface area contributed by atoms with Crippen LogP contribution in [0.1, 0.15) is 18.4 Å². The average molecular weight is 424 g/mol. The van der Waals surface area contributed by atoms with Crippen molar-refractivity contribution in [1.82, 2.24) is 0 Å². The summed E-state index contributed by atoms with van der Waals surface area (Å²) < 4.78 is 47.8. The number of para-hydroxylation sites is 2. The molecule has 7 nitrogen and oxygen atoms in total. The first-order chi connectivity index (χ1) is 14.2. The number of amides is 2. The summed E-state index contributed by atoms with van der Waals surface area (Å²) in [5.74, 6) is -1.60. The smallest absolute Gasteiger partial charge is 0.416 e. The van der Waals surface area contributed by atoms with Gasteiger partial charge in [-0.2, -0.15) is 13.2 Å². The van der Waals surface area contributed by atoms with Gasteiger partial charge in [-0.25, -0.2) is 0 Å². The molecular formula is C20H19F3N2O5. The molecule has 0 atom stereocenters. The van der Waals surface area contributed by atoms with Crippen molar-refractivity contribution in [2.45, 2.75) is 19.0 Å². The molecule has 0 fully saturated rings. The van der Waals surface area contributed by atoms with E-state index in [1.165, 1.54) is 13.2 Å². The second kappa shape index (κ2) is 10.3. The Labute approximate surface area is 170 Å². The summed E-state index contributed by atoms with van der Waals surface area (Å²) in [6, 6.07) is 10.8. The van der Waals surface area contributed by atoms with Crippen LogP contribution in [0.4, 0.5) is 24.5 Å². The summed E-state index contributed by atoms with van der Waals surface area (Å²) in [6.07, 6.45) is -5.01. The summed E-state index contributed by atoms with van der Waals surface area (Å²) in [7, 11) is 1.45. The molecule has 2 aromatic carbocycles. The number of hydrogen-bond acceptors (Lipinski definition) is 5. The van der Waals surface area contributed by atoms with Gasteiger partial charge in [0, 0.05) is 12.1 Å². The normalized spacial score (nSPS) is 10.8. The number of hydrogen-bond donors (Lipinski definition) is 2. The number of halogens is 3. The Bertz CT molecular complexity index is 915. The van der Waals surface area contributed by atoms with E-state index in [1.807, 2.05) is 0 Å². The number of benzene rings is 2. The van der Waals surface area contributed by atoms with E-state index in [0.717, 1.165) is 18.2 Å². The number of ether oxygens (including phenoxy) is 2. The monoisotopic (exact) mass is 424 g/mol. The minimum absolute atomic E-state index is 0.0814. The van der Waals surface area contributed by atoms with Crippen LogP contribution < -0.4 is 15.4 Å². The number of anilines is 2. The van der Waals surface area contributed by atoms with E-state index in [9.17, 15) is 27.6 Å². The van der Waals surface area contributed by atoms with E-state index in [0.29, 0.717) is 11.4 Å². The molecule has 160 valence electrons. The maximum Gasteiger partial charge on any atom is 0.416 e. The molecule has 0 spiro atoms. The van der Waals surface area contributed by atoms with Crippen molar-refractivity contribution in [2.75, 3.05) is 24.4 Å². The van der Waals surface area contributed by atoms with E-state index >= 15 is 0 Å². The van der Waals surface area contributed by atoms with E-state index in [2.05, 4.69) is 10.6 Å². The Morgan fingerprint density at radius 2 is 1.67 bits per heavy atom. The topological polar surface area (TPSA) is 93.7 Å². The van der Waals surface area contributed by atoms with Gasteiger partial charge in [0.25, 0.3) is 5.91 Å². The first kappa shape index (κ1) is 22.7. The Morgan fingerprint density at radius 3 is 2.37 bits per heavy atom. The van der Waals surface area contributed by atoms with E-state index in [4.69, 9.17) is 9.47 Å². The van der Waals surface area contributed by atoms with Gasteiger partial charge in [-0.3, -0.25) is 14.4 Å². The maximum atomic E-state index is 12.7. The first-order valence-corrected chi connectivity index (χ1v) is 8.74. The van der Waals surface area contributed by atoms with Crippen LogP contribution in [0.5, 0.6) is 5.75 Å². The van der Waals surface area contributed by atoms with Crippen molar-refractivity contribution in [3.05, 3.63) is 54.1 Å². The van der Waals surface area contributed by atoms with Crippen LogP contribution in [0.3, 0.4) is 0 Å². The lowest BCUT2D eigenvalue weighted by molar-refractivity contribution is -0.147. The second-order valence-corrected chi connectivity index (χ2v) is 6.04. The minimum Gasteiger partial charge on any atom is -0.495 e. The van der Waals surface area contributed by atoms with Crippen LogP contribution in [0, 0.1) is 0 Å². The highest BCUT2D eigenvalue weighted by Gasteiger charge is 2.30. The van der Waals surface area contributed by atoms with E-state index in [-0.39, 0.29) is 18.5 Å². The summed E-state index contributed by atoms with van der Waals surface area (Å²) >= 11 is 0. The van der Waals surface area contributed by atoms with E-state index < -0.39 is 36.1 Å². The van der Waals surface area contributed by atoms with Gasteiger partial charge < -0.3 is 20.1 Å². The molecule has 0 aliphatic rings. The first-order valence-electron chi connectivity index (χ1n) is 8.74. The molecule has 0 unspecified atom stereocenters. The fraction of sp³-hybridized carbons (Fsp3) is 0.250. The molecule has 0 saturated heterocycles. The van der Waals surface area contributed by atoms with Crippen molar-refractivity contribution in [2.24, 2.45) is 0 Å². The fourth-order valence-electron chi connectivity index (χ4n) is 2.36. The molecule has 0 heterocycles.